The van der Waals surface area contributed by atoms with Gasteiger partial charge in [0.2, 0.25) is 0 Å². The first kappa shape index (κ1) is 7.28. The maximum atomic E-state index is 10.8. The van der Waals surface area contributed by atoms with E-state index in [1.165, 1.54) is 4.68 Å². The van der Waals surface area contributed by atoms with Gasteiger partial charge >= 0.3 is 0 Å². The predicted octanol–water partition coefficient (Wildman–Crippen LogP) is 1.07. The summed E-state index contributed by atoms with van der Waals surface area (Å²) in [6.07, 6.45) is 1.60. The number of alkyl halides is 1. The van der Waals surface area contributed by atoms with Crippen molar-refractivity contribution in [3.8, 4) is 0 Å². The molecule has 0 aliphatic carbocycles. The summed E-state index contributed by atoms with van der Waals surface area (Å²) in [5.41, 5.74) is 0.818. The second kappa shape index (κ2) is 2.84. The Balaban J connectivity index is 2.85. The first-order valence-corrected chi connectivity index (χ1v) is 3.39. The van der Waals surface area contributed by atoms with E-state index >= 15 is 0 Å². The number of halogens is 1. The SMILES string of the molecule is Cc1ccn(C(=O)CCl)n1. The Morgan fingerprint density at radius 2 is 2.60 bits per heavy atom. The van der Waals surface area contributed by atoms with Crippen LogP contribution in [-0.4, -0.2) is 21.6 Å². The van der Waals surface area contributed by atoms with Gasteiger partial charge in [-0.1, -0.05) is 0 Å². The van der Waals surface area contributed by atoms with Crippen molar-refractivity contribution in [2.45, 2.75) is 6.92 Å². The molecular formula is C6H7ClN2O. The van der Waals surface area contributed by atoms with Crippen molar-refractivity contribution >= 4 is 17.5 Å². The Kier molecular flexibility index (Phi) is 2.06. The topological polar surface area (TPSA) is 34.9 Å². The van der Waals surface area contributed by atoms with E-state index in [4.69, 9.17) is 11.6 Å². The van der Waals surface area contributed by atoms with Crippen molar-refractivity contribution in [1.29, 1.82) is 0 Å². The molecule has 1 aromatic heterocycles. The van der Waals surface area contributed by atoms with Gasteiger partial charge in [-0.3, -0.25) is 4.79 Å². The molecule has 0 atom stereocenters. The fraction of sp³-hybridized carbons (Fsp3) is 0.333. The van der Waals surface area contributed by atoms with Crippen LogP contribution in [-0.2, 0) is 0 Å². The number of carbonyl (C=O) groups excluding carboxylic acids is 1. The lowest BCUT2D eigenvalue weighted by Gasteiger charge is -1.91. The molecule has 0 radical (unpaired) electrons. The molecule has 0 N–H and O–H groups in total. The Morgan fingerprint density at radius 1 is 1.90 bits per heavy atom. The van der Waals surface area contributed by atoms with E-state index in [2.05, 4.69) is 5.10 Å². The molecule has 54 valence electrons. The minimum absolute atomic E-state index is 0.0267. The Bertz CT molecular complexity index is 244. The van der Waals surface area contributed by atoms with Gasteiger partial charge in [-0.05, 0) is 13.0 Å². The molecule has 1 aromatic rings. The van der Waals surface area contributed by atoms with Crippen LogP contribution in [0.15, 0.2) is 12.3 Å². The third kappa shape index (κ3) is 1.36. The van der Waals surface area contributed by atoms with Gasteiger partial charge in [-0.25, -0.2) is 4.68 Å². The second-order valence-electron chi connectivity index (χ2n) is 1.93. The molecular weight excluding hydrogens is 152 g/mol. The van der Waals surface area contributed by atoms with Gasteiger partial charge in [0.25, 0.3) is 5.91 Å². The fourth-order valence-corrected chi connectivity index (χ4v) is 0.738. The van der Waals surface area contributed by atoms with Gasteiger partial charge in [0.05, 0.1) is 5.69 Å². The van der Waals surface area contributed by atoms with E-state index in [9.17, 15) is 4.79 Å². The first-order valence-electron chi connectivity index (χ1n) is 2.85. The van der Waals surface area contributed by atoms with Crippen LogP contribution in [0.2, 0.25) is 0 Å². The zero-order chi connectivity index (χ0) is 7.56. The molecule has 10 heavy (non-hydrogen) atoms. The van der Waals surface area contributed by atoms with Crippen molar-refractivity contribution in [2.24, 2.45) is 0 Å². The highest BCUT2D eigenvalue weighted by Crippen LogP contribution is 1.92. The van der Waals surface area contributed by atoms with Gasteiger partial charge in [-0.2, -0.15) is 5.10 Å². The molecule has 0 saturated heterocycles. The molecule has 0 spiro atoms. The molecule has 3 nitrogen and oxygen atoms in total. The average Bonchev–Trinajstić information content (AvgIpc) is 2.34. The van der Waals surface area contributed by atoms with Crippen LogP contribution in [0.1, 0.15) is 10.5 Å². The number of nitrogens with zero attached hydrogens (tertiary/aromatic N) is 2. The Hall–Kier alpha value is -0.830. The van der Waals surface area contributed by atoms with E-state index in [1.807, 2.05) is 6.92 Å². The number of rotatable bonds is 1. The van der Waals surface area contributed by atoms with E-state index in [0.717, 1.165) is 5.69 Å². The highest BCUT2D eigenvalue weighted by molar-refractivity contribution is 6.27. The smallest absolute Gasteiger partial charge is 0.261 e. The standard InChI is InChI=1S/C6H7ClN2O/c1-5-2-3-9(8-5)6(10)4-7/h2-3H,4H2,1H3. The largest absolute Gasteiger partial charge is 0.271 e. The normalized spacial score (nSPS) is 9.80. The number of aryl methyl sites for hydroxylation is 1. The van der Waals surface area contributed by atoms with Crippen molar-refractivity contribution < 1.29 is 4.79 Å². The monoisotopic (exact) mass is 158 g/mol. The van der Waals surface area contributed by atoms with Crippen LogP contribution in [0.5, 0.6) is 0 Å². The van der Waals surface area contributed by atoms with Crippen molar-refractivity contribution in [3.05, 3.63) is 18.0 Å². The molecule has 0 saturated carbocycles. The number of hydrogen-bond donors (Lipinski definition) is 0. The van der Waals surface area contributed by atoms with E-state index in [1.54, 1.807) is 12.3 Å². The lowest BCUT2D eigenvalue weighted by atomic mass is 10.5. The molecule has 1 rings (SSSR count). The molecule has 0 amide bonds. The molecule has 0 aliphatic rings. The summed E-state index contributed by atoms with van der Waals surface area (Å²) in [5, 5.41) is 3.86. The molecule has 0 bridgehead atoms. The second-order valence-corrected chi connectivity index (χ2v) is 2.20. The van der Waals surface area contributed by atoms with Crippen LogP contribution >= 0.6 is 11.6 Å². The summed E-state index contributed by atoms with van der Waals surface area (Å²) in [7, 11) is 0. The maximum absolute atomic E-state index is 10.8. The minimum atomic E-state index is -0.199. The summed E-state index contributed by atoms with van der Waals surface area (Å²) in [4.78, 5) is 10.8. The molecule has 0 aliphatic heterocycles. The van der Waals surface area contributed by atoms with Gasteiger partial charge in [0.1, 0.15) is 5.88 Å². The van der Waals surface area contributed by atoms with Gasteiger partial charge in [0.15, 0.2) is 0 Å². The summed E-state index contributed by atoms with van der Waals surface area (Å²) in [6, 6.07) is 1.75. The average molecular weight is 159 g/mol. The number of hydrogen-bond acceptors (Lipinski definition) is 2. The fourth-order valence-electron chi connectivity index (χ4n) is 0.615. The molecule has 4 heteroatoms. The Morgan fingerprint density at radius 3 is 3.00 bits per heavy atom. The van der Waals surface area contributed by atoms with E-state index in [-0.39, 0.29) is 11.8 Å². The highest BCUT2D eigenvalue weighted by atomic mass is 35.5. The van der Waals surface area contributed by atoms with Crippen LogP contribution in [0, 0.1) is 6.92 Å². The summed E-state index contributed by atoms with van der Waals surface area (Å²) in [6.45, 7) is 1.82. The summed E-state index contributed by atoms with van der Waals surface area (Å²) < 4.78 is 1.24. The van der Waals surface area contributed by atoms with Crippen molar-refractivity contribution in [2.75, 3.05) is 5.88 Å². The Labute approximate surface area is 63.6 Å². The molecule has 0 fully saturated rings. The predicted molar refractivity (Wildman–Crippen MR) is 38.3 cm³/mol. The molecule has 0 unspecified atom stereocenters. The summed E-state index contributed by atoms with van der Waals surface area (Å²) in [5.74, 6) is -0.226. The zero-order valence-corrected chi connectivity index (χ0v) is 6.30. The van der Waals surface area contributed by atoms with Crippen LogP contribution < -0.4 is 0 Å². The number of carbonyl (C=O) groups is 1. The molecule has 1 heterocycles. The maximum Gasteiger partial charge on any atom is 0.261 e. The van der Waals surface area contributed by atoms with E-state index in [0.29, 0.717) is 0 Å². The van der Waals surface area contributed by atoms with Gasteiger partial charge < -0.3 is 0 Å². The van der Waals surface area contributed by atoms with Crippen molar-refractivity contribution in [1.82, 2.24) is 9.78 Å². The first-order chi connectivity index (χ1) is 4.74. The minimum Gasteiger partial charge on any atom is -0.271 e. The zero-order valence-electron chi connectivity index (χ0n) is 5.54. The third-order valence-corrected chi connectivity index (χ3v) is 1.32. The van der Waals surface area contributed by atoms with Crippen LogP contribution in [0.3, 0.4) is 0 Å². The summed E-state index contributed by atoms with van der Waals surface area (Å²) >= 11 is 5.29. The van der Waals surface area contributed by atoms with Crippen LogP contribution in [0.4, 0.5) is 0 Å². The van der Waals surface area contributed by atoms with Crippen LogP contribution in [0.25, 0.3) is 0 Å². The highest BCUT2D eigenvalue weighted by Gasteiger charge is 2.01. The molecule has 0 aromatic carbocycles. The quantitative estimate of drug-likeness (QED) is 0.573. The van der Waals surface area contributed by atoms with E-state index < -0.39 is 0 Å². The number of aromatic nitrogens is 2. The van der Waals surface area contributed by atoms with Gasteiger partial charge in [0, 0.05) is 6.20 Å². The lowest BCUT2D eigenvalue weighted by Crippen LogP contribution is -2.12. The van der Waals surface area contributed by atoms with Gasteiger partial charge in [-0.15, -0.1) is 11.6 Å². The lowest BCUT2D eigenvalue weighted by molar-refractivity contribution is 0.0924. The third-order valence-electron chi connectivity index (χ3n) is 1.09. The van der Waals surface area contributed by atoms with Crippen molar-refractivity contribution in [3.63, 3.8) is 0 Å².